The van der Waals surface area contributed by atoms with Gasteiger partial charge in [-0.1, -0.05) is 54.2 Å². The number of carbonyl (C=O) groups is 2. The van der Waals surface area contributed by atoms with Crippen LogP contribution in [0, 0.1) is 13.8 Å². The van der Waals surface area contributed by atoms with Crippen LogP contribution in [0.5, 0.6) is 5.75 Å². The van der Waals surface area contributed by atoms with Gasteiger partial charge in [-0.05, 0) is 49.2 Å². The van der Waals surface area contributed by atoms with Crippen LogP contribution in [-0.2, 0) is 4.79 Å². The van der Waals surface area contributed by atoms with Crippen molar-refractivity contribution in [2.45, 2.75) is 23.6 Å². The number of nitrogens with one attached hydrogen (secondary N) is 2. The molecule has 0 spiro atoms. The third kappa shape index (κ3) is 3.97. The fraction of sp³-hybridized carbons (Fsp3) is 0.130. The maximum absolute atomic E-state index is 13.0. The number of hydrogen-bond acceptors (Lipinski definition) is 4. The van der Waals surface area contributed by atoms with Crippen LogP contribution in [0.4, 0.5) is 16.2 Å². The lowest BCUT2D eigenvalue weighted by Crippen LogP contribution is -2.49. The summed E-state index contributed by atoms with van der Waals surface area (Å²) in [6.07, 6.45) is 0. The average Bonchev–Trinajstić information content (AvgIpc) is 2.75. The molecule has 30 heavy (non-hydrogen) atoms. The first-order valence-electron chi connectivity index (χ1n) is 9.48. The number of urea groups is 1. The van der Waals surface area contributed by atoms with Crippen LogP contribution in [-0.4, -0.2) is 18.5 Å². The van der Waals surface area contributed by atoms with Gasteiger partial charge in [-0.25, -0.2) is 10.2 Å². The van der Waals surface area contributed by atoms with Gasteiger partial charge < -0.3 is 4.74 Å². The lowest BCUT2D eigenvalue weighted by atomic mass is 10.1. The minimum atomic E-state index is -0.448. The Bertz CT molecular complexity index is 1050. The topological polar surface area (TPSA) is 70.7 Å². The number of anilines is 2. The largest absolute Gasteiger partial charge is 0.483 e. The number of aryl methyl sites for hydroxylation is 2. The minimum absolute atomic E-state index is 0.199. The average molecular weight is 420 g/mol. The fourth-order valence-electron chi connectivity index (χ4n) is 3.30. The lowest BCUT2D eigenvalue weighted by molar-refractivity contribution is -0.123. The van der Waals surface area contributed by atoms with Crippen LogP contribution in [0.1, 0.15) is 11.1 Å². The van der Waals surface area contributed by atoms with E-state index in [1.165, 1.54) is 0 Å². The molecular formula is C23H21N3O3S. The summed E-state index contributed by atoms with van der Waals surface area (Å²) in [4.78, 5) is 28.7. The molecule has 0 bridgehead atoms. The molecule has 3 aromatic carbocycles. The maximum Gasteiger partial charge on any atom is 0.345 e. The highest BCUT2D eigenvalue weighted by molar-refractivity contribution is 7.99. The molecule has 1 heterocycles. The highest BCUT2D eigenvalue weighted by atomic mass is 32.2. The van der Waals surface area contributed by atoms with Gasteiger partial charge in [-0.2, -0.15) is 0 Å². The van der Waals surface area contributed by atoms with Gasteiger partial charge in [0, 0.05) is 9.79 Å². The van der Waals surface area contributed by atoms with E-state index in [1.54, 1.807) is 16.7 Å². The molecule has 1 aliphatic heterocycles. The van der Waals surface area contributed by atoms with Crippen LogP contribution in [0.25, 0.3) is 0 Å². The van der Waals surface area contributed by atoms with E-state index in [9.17, 15) is 9.59 Å². The number of amides is 3. The number of carbonyl (C=O) groups excluding carboxylic acids is 2. The smallest absolute Gasteiger partial charge is 0.345 e. The molecule has 0 fully saturated rings. The van der Waals surface area contributed by atoms with Crippen molar-refractivity contribution in [2.24, 2.45) is 0 Å². The van der Waals surface area contributed by atoms with Crippen LogP contribution >= 0.6 is 11.8 Å². The molecule has 0 saturated carbocycles. The van der Waals surface area contributed by atoms with E-state index < -0.39 is 11.9 Å². The quantitative estimate of drug-likeness (QED) is 0.603. The first-order chi connectivity index (χ1) is 14.5. The van der Waals surface area contributed by atoms with Crippen molar-refractivity contribution in [1.29, 1.82) is 0 Å². The zero-order valence-corrected chi connectivity index (χ0v) is 17.5. The van der Waals surface area contributed by atoms with E-state index in [2.05, 4.69) is 10.9 Å². The Morgan fingerprint density at radius 3 is 2.00 bits per heavy atom. The Kier molecular flexibility index (Phi) is 5.63. The number of fused-ring (bicyclic) bond motifs is 2. The molecule has 3 aromatic rings. The first kappa shape index (κ1) is 19.8. The predicted molar refractivity (Wildman–Crippen MR) is 117 cm³/mol. The molecule has 0 aliphatic carbocycles. The van der Waals surface area contributed by atoms with Gasteiger partial charge in [-0.3, -0.25) is 15.1 Å². The highest BCUT2D eigenvalue weighted by Crippen LogP contribution is 2.47. The maximum atomic E-state index is 13.0. The van der Waals surface area contributed by atoms with E-state index >= 15 is 0 Å². The van der Waals surface area contributed by atoms with E-state index in [4.69, 9.17) is 4.74 Å². The molecule has 6 nitrogen and oxygen atoms in total. The molecule has 0 saturated heterocycles. The number of hydrazine groups is 1. The van der Waals surface area contributed by atoms with Gasteiger partial charge in [0.2, 0.25) is 0 Å². The van der Waals surface area contributed by atoms with Crippen LogP contribution in [0.2, 0.25) is 0 Å². The van der Waals surface area contributed by atoms with Gasteiger partial charge in [0.1, 0.15) is 5.75 Å². The Hall–Kier alpha value is -3.45. The van der Waals surface area contributed by atoms with Crippen LogP contribution < -0.4 is 20.5 Å². The van der Waals surface area contributed by atoms with Crippen LogP contribution in [0.15, 0.2) is 76.5 Å². The number of nitrogens with zero attached hydrogens (tertiary/aromatic N) is 1. The molecular weight excluding hydrogens is 398 g/mol. The summed E-state index contributed by atoms with van der Waals surface area (Å²) in [5.74, 6) is 0.230. The van der Waals surface area contributed by atoms with Crippen molar-refractivity contribution in [3.05, 3.63) is 77.9 Å². The van der Waals surface area contributed by atoms with Crippen molar-refractivity contribution in [2.75, 3.05) is 11.5 Å². The Morgan fingerprint density at radius 2 is 1.40 bits per heavy atom. The Balaban J connectivity index is 1.44. The van der Waals surface area contributed by atoms with E-state index in [1.807, 2.05) is 80.6 Å². The van der Waals surface area contributed by atoms with Gasteiger partial charge >= 0.3 is 6.03 Å². The number of rotatable bonds is 3. The SMILES string of the molecule is Cc1cccc(C)c1OCC(=O)NNC(=O)N1c2ccccc2Sc2ccccc21. The third-order valence-corrected chi connectivity index (χ3v) is 5.83. The van der Waals surface area contributed by atoms with Crippen LogP contribution in [0.3, 0.4) is 0 Å². The second-order valence-corrected chi connectivity index (χ2v) is 7.94. The summed E-state index contributed by atoms with van der Waals surface area (Å²) >= 11 is 1.61. The molecule has 7 heteroatoms. The fourth-order valence-corrected chi connectivity index (χ4v) is 4.36. The molecule has 4 rings (SSSR count). The van der Waals surface area contributed by atoms with Gasteiger partial charge in [0.25, 0.3) is 5.91 Å². The zero-order chi connectivity index (χ0) is 21.1. The summed E-state index contributed by atoms with van der Waals surface area (Å²) in [6, 6.07) is 20.6. The molecule has 0 atom stereocenters. The summed E-state index contributed by atoms with van der Waals surface area (Å²) < 4.78 is 5.64. The van der Waals surface area contributed by atoms with E-state index in [0.29, 0.717) is 5.75 Å². The predicted octanol–water partition coefficient (Wildman–Crippen LogP) is 4.73. The molecule has 1 aliphatic rings. The number of ether oxygens (including phenoxy) is 1. The van der Waals surface area contributed by atoms with E-state index in [-0.39, 0.29) is 6.61 Å². The second-order valence-electron chi connectivity index (χ2n) is 6.86. The van der Waals surface area contributed by atoms with Gasteiger partial charge in [-0.15, -0.1) is 0 Å². The Labute approximate surface area is 179 Å². The molecule has 3 amide bonds. The highest BCUT2D eigenvalue weighted by Gasteiger charge is 2.28. The summed E-state index contributed by atoms with van der Waals surface area (Å²) in [6.45, 7) is 3.64. The Morgan fingerprint density at radius 1 is 0.833 bits per heavy atom. The number of para-hydroxylation sites is 3. The lowest BCUT2D eigenvalue weighted by Gasteiger charge is -2.30. The summed E-state index contributed by atoms with van der Waals surface area (Å²) in [5.41, 5.74) is 8.36. The number of hydrogen-bond donors (Lipinski definition) is 2. The molecule has 0 aromatic heterocycles. The molecule has 0 unspecified atom stereocenters. The minimum Gasteiger partial charge on any atom is -0.483 e. The van der Waals surface area contributed by atoms with Gasteiger partial charge in [0.05, 0.1) is 11.4 Å². The summed E-state index contributed by atoms with van der Waals surface area (Å²) in [5, 5.41) is 0. The molecule has 2 N–H and O–H groups in total. The molecule has 0 radical (unpaired) electrons. The summed E-state index contributed by atoms with van der Waals surface area (Å²) in [7, 11) is 0. The van der Waals surface area contributed by atoms with Crippen molar-refractivity contribution >= 4 is 35.1 Å². The first-order valence-corrected chi connectivity index (χ1v) is 10.3. The van der Waals surface area contributed by atoms with Crippen molar-refractivity contribution < 1.29 is 14.3 Å². The molecule has 152 valence electrons. The second kappa shape index (κ2) is 8.51. The standard InChI is InChI=1S/C23H21N3O3S/c1-15-8-7-9-16(2)22(15)29-14-21(27)24-25-23(28)26-17-10-3-5-12-19(17)30-20-13-6-4-11-18(20)26/h3-13H,14H2,1-2H3,(H,24,27)(H,25,28). The van der Waals surface area contributed by atoms with Gasteiger partial charge in [0.15, 0.2) is 6.61 Å². The monoisotopic (exact) mass is 419 g/mol. The van der Waals surface area contributed by atoms with Crippen molar-refractivity contribution in [1.82, 2.24) is 10.9 Å². The van der Waals surface area contributed by atoms with Crippen molar-refractivity contribution in [3.8, 4) is 5.75 Å². The number of benzene rings is 3. The normalized spacial score (nSPS) is 11.9. The third-order valence-electron chi connectivity index (χ3n) is 4.70. The van der Waals surface area contributed by atoms with E-state index in [0.717, 1.165) is 32.3 Å². The van der Waals surface area contributed by atoms with Crippen molar-refractivity contribution in [3.63, 3.8) is 0 Å². The zero-order valence-electron chi connectivity index (χ0n) is 16.6.